The van der Waals surface area contributed by atoms with Gasteiger partial charge in [0.25, 0.3) is 5.91 Å². The maximum absolute atomic E-state index is 12.8. The van der Waals surface area contributed by atoms with Crippen molar-refractivity contribution in [1.29, 1.82) is 0 Å². The molecule has 0 bridgehead atoms. The first kappa shape index (κ1) is 18.3. The molecule has 1 saturated heterocycles. The molecule has 0 radical (unpaired) electrons. The summed E-state index contributed by atoms with van der Waals surface area (Å²) in [4.78, 5) is 16.6. The van der Waals surface area contributed by atoms with Crippen LogP contribution in [0, 0.1) is 6.92 Å². The summed E-state index contributed by atoms with van der Waals surface area (Å²) in [5, 5.41) is 23.0. The van der Waals surface area contributed by atoms with Gasteiger partial charge in [0.2, 0.25) is 5.88 Å². The van der Waals surface area contributed by atoms with Crippen molar-refractivity contribution < 1.29 is 28.9 Å². The van der Waals surface area contributed by atoms with Gasteiger partial charge in [-0.2, -0.15) is 0 Å². The number of aryl methyl sites for hydroxylation is 1. The molecule has 1 aliphatic rings. The van der Waals surface area contributed by atoms with Gasteiger partial charge in [-0.3, -0.25) is 4.79 Å². The van der Waals surface area contributed by atoms with Gasteiger partial charge in [-0.05, 0) is 37.3 Å². The lowest BCUT2D eigenvalue weighted by atomic mass is 10.1. The summed E-state index contributed by atoms with van der Waals surface area (Å²) in [7, 11) is 0. The van der Waals surface area contributed by atoms with Crippen molar-refractivity contribution in [3.05, 3.63) is 53.4 Å². The van der Waals surface area contributed by atoms with E-state index in [-0.39, 0.29) is 31.6 Å². The number of hydrogen-bond acceptors (Lipinski definition) is 7. The van der Waals surface area contributed by atoms with Crippen LogP contribution in [0.1, 0.15) is 21.7 Å². The minimum Gasteiger partial charge on any atom is -0.493 e. The zero-order valence-electron chi connectivity index (χ0n) is 15.2. The molecule has 0 aliphatic carbocycles. The molecular weight excluding hydrogens is 364 g/mol. The average Bonchev–Trinajstić information content (AvgIpc) is 3.22. The molecule has 4 rings (SSSR count). The molecule has 8 heteroatoms. The molecule has 3 aromatic rings. The highest BCUT2D eigenvalue weighted by molar-refractivity contribution is 6.07. The lowest BCUT2D eigenvalue weighted by Gasteiger charge is -2.14. The van der Waals surface area contributed by atoms with Crippen LogP contribution in [0.4, 0.5) is 0 Å². The van der Waals surface area contributed by atoms with Gasteiger partial charge in [0.15, 0.2) is 0 Å². The van der Waals surface area contributed by atoms with Crippen LogP contribution in [0.5, 0.6) is 11.6 Å². The van der Waals surface area contributed by atoms with Crippen LogP contribution in [-0.2, 0) is 11.3 Å². The number of carbonyl (C=O) groups is 1. The zero-order chi connectivity index (χ0) is 19.7. The molecule has 28 heavy (non-hydrogen) atoms. The van der Waals surface area contributed by atoms with Gasteiger partial charge in [-0.1, -0.05) is 0 Å². The smallest absolute Gasteiger partial charge is 0.255 e. The summed E-state index contributed by atoms with van der Waals surface area (Å²) in [6.07, 6.45) is 0.768. The van der Waals surface area contributed by atoms with Crippen molar-refractivity contribution in [3.63, 3.8) is 0 Å². The van der Waals surface area contributed by atoms with Crippen LogP contribution < -0.4 is 10.1 Å². The van der Waals surface area contributed by atoms with E-state index in [2.05, 4.69) is 10.3 Å². The van der Waals surface area contributed by atoms with Crippen molar-refractivity contribution in [2.45, 2.75) is 25.7 Å². The molecule has 1 aliphatic heterocycles. The number of aliphatic hydroxyl groups is 1. The van der Waals surface area contributed by atoms with E-state index in [9.17, 15) is 15.0 Å². The lowest BCUT2D eigenvalue weighted by Crippen LogP contribution is -2.42. The Morgan fingerprint density at radius 3 is 2.96 bits per heavy atom. The van der Waals surface area contributed by atoms with Crippen molar-refractivity contribution in [1.82, 2.24) is 10.3 Å². The van der Waals surface area contributed by atoms with Crippen LogP contribution in [0.3, 0.4) is 0 Å². The van der Waals surface area contributed by atoms with E-state index >= 15 is 0 Å². The molecule has 0 spiro atoms. The van der Waals surface area contributed by atoms with Crippen LogP contribution in [0.15, 0.2) is 40.9 Å². The number of hydrogen-bond donors (Lipinski definition) is 3. The number of pyridine rings is 1. The Kier molecular flexibility index (Phi) is 4.89. The Bertz CT molecular complexity index is 1020. The van der Waals surface area contributed by atoms with E-state index in [0.29, 0.717) is 33.6 Å². The van der Waals surface area contributed by atoms with Crippen molar-refractivity contribution in [3.8, 4) is 11.6 Å². The van der Waals surface area contributed by atoms with E-state index in [1.165, 1.54) is 6.20 Å². The average molecular weight is 384 g/mol. The first-order valence-corrected chi connectivity index (χ1v) is 8.88. The Morgan fingerprint density at radius 2 is 2.21 bits per heavy atom. The summed E-state index contributed by atoms with van der Waals surface area (Å²) >= 11 is 0. The van der Waals surface area contributed by atoms with E-state index in [1.54, 1.807) is 37.3 Å². The summed E-state index contributed by atoms with van der Waals surface area (Å²) < 4.78 is 16.6. The van der Waals surface area contributed by atoms with Crippen LogP contribution in [0.2, 0.25) is 0 Å². The van der Waals surface area contributed by atoms with Crippen molar-refractivity contribution >= 4 is 16.9 Å². The second kappa shape index (κ2) is 7.49. The highest BCUT2D eigenvalue weighted by Gasteiger charge is 2.29. The highest BCUT2D eigenvalue weighted by Crippen LogP contribution is 2.30. The molecule has 2 aromatic heterocycles. The highest BCUT2D eigenvalue weighted by atomic mass is 16.5. The third-order valence-electron chi connectivity index (χ3n) is 4.69. The quantitative estimate of drug-likeness (QED) is 0.616. The lowest BCUT2D eigenvalue weighted by molar-refractivity contribution is 0.0886. The summed E-state index contributed by atoms with van der Waals surface area (Å²) in [6.45, 7) is 2.32. The largest absolute Gasteiger partial charge is 0.493 e. The molecular formula is C20H20N2O6. The second-order valence-corrected chi connectivity index (χ2v) is 6.65. The number of aromatic hydroxyl groups is 1. The Hall–Kier alpha value is -3.10. The molecule has 1 aromatic carbocycles. The molecule has 0 unspecified atom stereocenters. The van der Waals surface area contributed by atoms with Gasteiger partial charge in [0.1, 0.15) is 23.7 Å². The number of nitrogens with one attached hydrogen (secondary N) is 1. The van der Waals surface area contributed by atoms with Gasteiger partial charge in [-0.25, -0.2) is 4.98 Å². The maximum atomic E-state index is 12.8. The van der Waals surface area contributed by atoms with Gasteiger partial charge in [0.05, 0.1) is 36.5 Å². The number of nitrogens with zero attached hydrogens (tertiary/aromatic N) is 1. The number of ether oxygens (including phenoxy) is 2. The van der Waals surface area contributed by atoms with Crippen molar-refractivity contribution in [2.24, 2.45) is 0 Å². The van der Waals surface area contributed by atoms with E-state index in [4.69, 9.17) is 13.9 Å². The maximum Gasteiger partial charge on any atom is 0.255 e. The van der Waals surface area contributed by atoms with Gasteiger partial charge >= 0.3 is 0 Å². The molecule has 0 saturated carbocycles. The van der Waals surface area contributed by atoms with E-state index in [1.807, 2.05) is 0 Å². The first-order valence-electron chi connectivity index (χ1n) is 8.88. The van der Waals surface area contributed by atoms with E-state index < -0.39 is 12.1 Å². The standard InChI is InChI=1S/C20H20N2O6/c1-11-18(20(25)22-15-9-26-10-16(15)23)14-7-13(4-5-17(14)28-11)27-8-12-3-2-6-21-19(12)24/h2-7,15-16,23H,8-10H2,1H3,(H,21,24)(H,22,25)/t15-,16-/m1/s1. The number of aromatic nitrogens is 1. The molecule has 1 amide bonds. The first-order chi connectivity index (χ1) is 13.5. The van der Waals surface area contributed by atoms with Crippen LogP contribution in [0.25, 0.3) is 11.0 Å². The number of carbonyl (C=O) groups excluding carboxylic acids is 1. The minimum absolute atomic E-state index is 0.0832. The van der Waals surface area contributed by atoms with Gasteiger partial charge in [-0.15, -0.1) is 0 Å². The topological polar surface area (TPSA) is 114 Å². The number of aliphatic hydroxyl groups excluding tert-OH is 1. The van der Waals surface area contributed by atoms with Gasteiger partial charge in [0, 0.05) is 11.6 Å². The third kappa shape index (κ3) is 3.51. The fourth-order valence-corrected chi connectivity index (χ4v) is 3.20. The molecule has 3 heterocycles. The van der Waals surface area contributed by atoms with E-state index in [0.717, 1.165) is 0 Å². The number of furan rings is 1. The zero-order valence-corrected chi connectivity index (χ0v) is 15.2. The molecule has 1 fully saturated rings. The van der Waals surface area contributed by atoms with Gasteiger partial charge < -0.3 is 29.4 Å². The summed E-state index contributed by atoms with van der Waals surface area (Å²) in [6, 6.07) is 8.15. The SMILES string of the molecule is Cc1oc2ccc(OCc3cccnc3O)cc2c1C(=O)N[C@@H]1COC[C@H]1O. The Morgan fingerprint density at radius 1 is 1.36 bits per heavy atom. The minimum atomic E-state index is -0.728. The summed E-state index contributed by atoms with van der Waals surface area (Å²) in [5.74, 6) is 0.575. The Balaban J connectivity index is 1.57. The normalized spacial score (nSPS) is 19.1. The predicted molar refractivity (Wildman–Crippen MR) is 99.3 cm³/mol. The molecule has 3 N–H and O–H groups in total. The van der Waals surface area contributed by atoms with Crippen LogP contribution >= 0.6 is 0 Å². The molecule has 8 nitrogen and oxygen atoms in total. The monoisotopic (exact) mass is 384 g/mol. The number of benzene rings is 1. The molecule has 2 atom stereocenters. The van der Waals surface area contributed by atoms with Crippen molar-refractivity contribution in [2.75, 3.05) is 13.2 Å². The number of amides is 1. The number of fused-ring (bicyclic) bond motifs is 1. The second-order valence-electron chi connectivity index (χ2n) is 6.65. The predicted octanol–water partition coefficient (Wildman–Crippen LogP) is 1.91. The third-order valence-corrected chi connectivity index (χ3v) is 4.69. The van der Waals surface area contributed by atoms with Crippen LogP contribution in [-0.4, -0.2) is 46.5 Å². The Labute approximate surface area is 160 Å². The fraction of sp³-hybridized carbons (Fsp3) is 0.300. The molecule has 146 valence electrons. The number of rotatable bonds is 5. The fourth-order valence-electron chi connectivity index (χ4n) is 3.20. The summed E-state index contributed by atoms with van der Waals surface area (Å²) in [5.41, 5.74) is 1.50.